The largest absolute Gasteiger partial charge is 0.444 e. The molecule has 1 atom stereocenters. The van der Waals surface area contributed by atoms with Gasteiger partial charge in [-0.05, 0) is 51.0 Å². The third kappa shape index (κ3) is 6.22. The molecule has 29 heavy (non-hydrogen) atoms. The van der Waals surface area contributed by atoms with Crippen molar-refractivity contribution in [2.45, 2.75) is 39.2 Å². The van der Waals surface area contributed by atoms with Gasteiger partial charge in [-0.25, -0.2) is 4.79 Å². The molecule has 1 saturated heterocycles. The van der Waals surface area contributed by atoms with Crippen LogP contribution in [-0.2, 0) is 4.74 Å². The molecule has 3 rings (SSSR count). The van der Waals surface area contributed by atoms with Gasteiger partial charge in [-0.2, -0.15) is 0 Å². The molecule has 5 heteroatoms. The Morgan fingerprint density at radius 1 is 0.966 bits per heavy atom. The molecule has 2 aromatic carbocycles. The van der Waals surface area contributed by atoms with Gasteiger partial charge in [-0.15, -0.1) is 0 Å². The Kier molecular flexibility index (Phi) is 6.86. The molecule has 4 nitrogen and oxygen atoms in total. The number of piperazine rings is 1. The van der Waals surface area contributed by atoms with E-state index in [2.05, 4.69) is 48.2 Å². The van der Waals surface area contributed by atoms with Crippen molar-refractivity contribution in [3.63, 3.8) is 0 Å². The zero-order chi connectivity index (χ0) is 21.0. The van der Waals surface area contributed by atoms with Crippen LogP contribution < -0.4 is 0 Å². The van der Waals surface area contributed by atoms with Crippen LogP contribution in [0.15, 0.2) is 48.5 Å². The summed E-state index contributed by atoms with van der Waals surface area (Å²) in [6, 6.07) is 16.9. The number of carbonyl (C=O) groups excluding carboxylic acids is 1. The van der Waals surface area contributed by atoms with Gasteiger partial charge < -0.3 is 9.64 Å². The van der Waals surface area contributed by atoms with Crippen molar-refractivity contribution in [3.8, 4) is 0 Å². The summed E-state index contributed by atoms with van der Waals surface area (Å²) in [5.41, 5.74) is 3.36. The number of carbonyl (C=O) groups is 1. The van der Waals surface area contributed by atoms with Crippen molar-refractivity contribution in [1.29, 1.82) is 0 Å². The predicted molar refractivity (Wildman–Crippen MR) is 119 cm³/mol. The number of amides is 1. The highest BCUT2D eigenvalue weighted by atomic mass is 35.5. The minimum atomic E-state index is -0.459. The molecule has 1 aliphatic heterocycles. The molecule has 0 radical (unpaired) electrons. The van der Waals surface area contributed by atoms with Crippen LogP contribution in [0.25, 0.3) is 0 Å². The van der Waals surface area contributed by atoms with Crippen molar-refractivity contribution < 1.29 is 9.53 Å². The van der Waals surface area contributed by atoms with Crippen LogP contribution in [0.2, 0.25) is 5.02 Å². The topological polar surface area (TPSA) is 32.8 Å². The summed E-state index contributed by atoms with van der Waals surface area (Å²) in [6.45, 7) is 11.8. The highest BCUT2D eigenvalue weighted by Crippen LogP contribution is 2.28. The summed E-state index contributed by atoms with van der Waals surface area (Å²) in [6.07, 6.45) is -0.218. The molecule has 0 aliphatic carbocycles. The molecule has 2 aromatic rings. The van der Waals surface area contributed by atoms with Crippen molar-refractivity contribution >= 4 is 17.7 Å². The molecular formula is C24H31ClN2O2. The van der Waals surface area contributed by atoms with E-state index in [-0.39, 0.29) is 12.0 Å². The zero-order valence-electron chi connectivity index (χ0n) is 17.8. The molecular weight excluding hydrogens is 384 g/mol. The molecule has 0 spiro atoms. The summed E-state index contributed by atoms with van der Waals surface area (Å²) in [7, 11) is 0. The Balaban J connectivity index is 1.68. The quantitative estimate of drug-likeness (QED) is 0.677. The predicted octanol–water partition coefficient (Wildman–Crippen LogP) is 5.33. The van der Waals surface area contributed by atoms with E-state index >= 15 is 0 Å². The summed E-state index contributed by atoms with van der Waals surface area (Å²) in [5, 5.41) is 0.752. The molecule has 1 aliphatic rings. The molecule has 0 saturated carbocycles. The van der Waals surface area contributed by atoms with E-state index < -0.39 is 5.60 Å². The van der Waals surface area contributed by atoms with Gasteiger partial charge in [0.05, 0.1) is 0 Å². The summed E-state index contributed by atoms with van der Waals surface area (Å²) >= 11 is 6.11. The number of hydrogen-bond donors (Lipinski definition) is 0. The molecule has 1 amide bonds. The maximum atomic E-state index is 12.3. The number of ether oxygens (including phenoxy) is 1. The minimum Gasteiger partial charge on any atom is -0.444 e. The first-order valence-corrected chi connectivity index (χ1v) is 10.6. The third-order valence-corrected chi connectivity index (χ3v) is 5.47. The van der Waals surface area contributed by atoms with Gasteiger partial charge in [0, 0.05) is 43.7 Å². The van der Waals surface area contributed by atoms with E-state index in [1.807, 2.05) is 37.8 Å². The fourth-order valence-electron chi connectivity index (χ4n) is 3.59. The highest BCUT2D eigenvalue weighted by Gasteiger charge is 2.27. The van der Waals surface area contributed by atoms with Crippen LogP contribution >= 0.6 is 11.6 Å². The van der Waals surface area contributed by atoms with Gasteiger partial charge in [0.25, 0.3) is 0 Å². The van der Waals surface area contributed by atoms with Gasteiger partial charge in [0.15, 0.2) is 0 Å². The lowest BCUT2D eigenvalue weighted by Gasteiger charge is -2.37. The van der Waals surface area contributed by atoms with Gasteiger partial charge in [-0.3, -0.25) is 4.90 Å². The number of halogens is 1. The highest BCUT2D eigenvalue weighted by molar-refractivity contribution is 6.30. The van der Waals surface area contributed by atoms with Gasteiger partial charge in [0.1, 0.15) is 5.60 Å². The molecule has 1 unspecified atom stereocenters. The molecule has 1 heterocycles. The van der Waals surface area contributed by atoms with Gasteiger partial charge in [0.2, 0.25) is 0 Å². The lowest BCUT2D eigenvalue weighted by molar-refractivity contribution is 0.0143. The Morgan fingerprint density at radius 2 is 1.48 bits per heavy atom. The number of rotatable bonds is 4. The van der Waals surface area contributed by atoms with Gasteiger partial charge in [-0.1, -0.05) is 53.6 Å². The maximum Gasteiger partial charge on any atom is 0.410 e. The first-order chi connectivity index (χ1) is 13.7. The fraction of sp³-hybridized carbons (Fsp3) is 0.458. The second-order valence-electron chi connectivity index (χ2n) is 8.78. The normalized spacial score (nSPS) is 16.5. The summed E-state index contributed by atoms with van der Waals surface area (Å²) < 4.78 is 5.51. The van der Waals surface area contributed by atoms with Crippen LogP contribution in [0.3, 0.4) is 0 Å². The van der Waals surface area contributed by atoms with Crippen LogP contribution in [0.4, 0.5) is 4.79 Å². The smallest absolute Gasteiger partial charge is 0.410 e. The number of benzene rings is 2. The van der Waals surface area contributed by atoms with Gasteiger partial charge >= 0.3 is 6.09 Å². The summed E-state index contributed by atoms with van der Waals surface area (Å²) in [5.74, 6) is 0.265. The first-order valence-electron chi connectivity index (χ1n) is 10.2. The third-order valence-electron chi connectivity index (χ3n) is 5.22. The zero-order valence-corrected chi connectivity index (χ0v) is 18.6. The van der Waals surface area contributed by atoms with Crippen molar-refractivity contribution in [2.75, 3.05) is 32.7 Å². The molecule has 0 bridgehead atoms. The average Bonchev–Trinajstić information content (AvgIpc) is 2.67. The molecule has 0 aromatic heterocycles. The van der Waals surface area contributed by atoms with E-state index in [1.54, 1.807) is 0 Å². The number of hydrogen-bond acceptors (Lipinski definition) is 3. The van der Waals surface area contributed by atoms with E-state index in [9.17, 15) is 4.79 Å². The number of aryl methyl sites for hydroxylation is 1. The second kappa shape index (κ2) is 9.19. The Hall–Kier alpha value is -2.04. The van der Waals surface area contributed by atoms with E-state index in [4.69, 9.17) is 16.3 Å². The molecule has 1 fully saturated rings. The van der Waals surface area contributed by atoms with E-state index in [0.717, 1.165) is 24.7 Å². The monoisotopic (exact) mass is 414 g/mol. The van der Waals surface area contributed by atoms with Crippen molar-refractivity contribution in [2.24, 2.45) is 0 Å². The average molecular weight is 415 g/mol. The Bertz CT molecular complexity index is 759. The maximum absolute atomic E-state index is 12.3. The van der Waals surface area contributed by atoms with E-state index in [1.165, 1.54) is 16.7 Å². The SMILES string of the molecule is Cc1ccc(C(CN2CCN(C(=O)OC(C)(C)C)CC2)c2ccc(Cl)cc2)cc1. The Labute approximate surface area is 179 Å². The Morgan fingerprint density at radius 3 is 2.00 bits per heavy atom. The lowest BCUT2D eigenvalue weighted by atomic mass is 9.90. The van der Waals surface area contributed by atoms with Crippen LogP contribution in [0.5, 0.6) is 0 Å². The standard InChI is InChI=1S/C24H31ClN2O2/c1-18-5-7-19(8-6-18)22(20-9-11-21(25)12-10-20)17-26-13-15-27(16-14-26)23(28)29-24(2,3)4/h5-12,22H,13-17H2,1-4H3. The van der Waals surface area contributed by atoms with Crippen molar-refractivity contribution in [1.82, 2.24) is 9.80 Å². The van der Waals surface area contributed by atoms with E-state index in [0.29, 0.717) is 13.1 Å². The first kappa shape index (κ1) is 21.7. The van der Waals surface area contributed by atoms with Crippen molar-refractivity contribution in [3.05, 3.63) is 70.2 Å². The minimum absolute atomic E-state index is 0.218. The lowest BCUT2D eigenvalue weighted by Crippen LogP contribution is -2.50. The number of nitrogens with zero attached hydrogens (tertiary/aromatic N) is 2. The second-order valence-corrected chi connectivity index (χ2v) is 9.22. The van der Waals surface area contributed by atoms with Crippen LogP contribution in [0.1, 0.15) is 43.4 Å². The fourth-order valence-corrected chi connectivity index (χ4v) is 3.72. The van der Waals surface area contributed by atoms with Crippen LogP contribution in [-0.4, -0.2) is 54.2 Å². The summed E-state index contributed by atoms with van der Waals surface area (Å²) in [4.78, 5) is 16.6. The molecule has 156 valence electrons. The molecule has 0 N–H and O–H groups in total. The van der Waals surface area contributed by atoms with Crippen LogP contribution in [0, 0.1) is 6.92 Å².